The van der Waals surface area contributed by atoms with E-state index in [-0.39, 0.29) is 12.1 Å². The lowest BCUT2D eigenvalue weighted by Gasteiger charge is -2.27. The number of methoxy groups -OCH3 is 1. The SMILES string of the molecule is COc1c(Cl)cccc1-c1nc([C@@H]2CCCN2C(=O)OC(C)(C)C)no1. The maximum atomic E-state index is 12.4. The Hall–Kier alpha value is -2.28. The van der Waals surface area contributed by atoms with Crippen molar-refractivity contribution in [3.63, 3.8) is 0 Å². The van der Waals surface area contributed by atoms with Crippen molar-refractivity contribution in [2.75, 3.05) is 13.7 Å². The molecule has 2 aromatic rings. The van der Waals surface area contributed by atoms with E-state index in [2.05, 4.69) is 10.1 Å². The van der Waals surface area contributed by atoms with E-state index in [0.29, 0.717) is 34.6 Å². The van der Waals surface area contributed by atoms with E-state index >= 15 is 0 Å². The van der Waals surface area contributed by atoms with Gasteiger partial charge in [-0.05, 0) is 45.7 Å². The molecular weight excluding hydrogens is 358 g/mol. The second-order valence-electron chi connectivity index (χ2n) is 7.11. The summed E-state index contributed by atoms with van der Waals surface area (Å²) >= 11 is 6.16. The van der Waals surface area contributed by atoms with Gasteiger partial charge in [0.25, 0.3) is 5.89 Å². The molecule has 1 amide bonds. The fraction of sp³-hybridized carbons (Fsp3) is 0.500. The van der Waals surface area contributed by atoms with Crippen LogP contribution < -0.4 is 4.74 Å². The molecule has 0 aliphatic carbocycles. The highest BCUT2D eigenvalue weighted by Crippen LogP contribution is 2.37. The van der Waals surface area contributed by atoms with E-state index in [9.17, 15) is 4.79 Å². The van der Waals surface area contributed by atoms with Crippen molar-refractivity contribution in [1.82, 2.24) is 15.0 Å². The summed E-state index contributed by atoms with van der Waals surface area (Å²) in [5.41, 5.74) is 0.0569. The third-order valence-corrected chi connectivity index (χ3v) is 4.32. The molecule has 1 atom stereocenters. The quantitative estimate of drug-likeness (QED) is 0.782. The number of carbonyl (C=O) groups excluding carboxylic acids is 1. The van der Waals surface area contributed by atoms with E-state index in [1.807, 2.05) is 20.8 Å². The number of ether oxygens (including phenoxy) is 2. The Bertz CT molecular complexity index is 800. The van der Waals surface area contributed by atoms with Crippen LogP contribution in [0.1, 0.15) is 45.5 Å². The summed E-state index contributed by atoms with van der Waals surface area (Å²) in [5.74, 6) is 1.22. The van der Waals surface area contributed by atoms with Crippen LogP contribution in [0.25, 0.3) is 11.5 Å². The number of nitrogens with zero attached hydrogens (tertiary/aromatic N) is 3. The molecule has 0 spiro atoms. The molecule has 1 aliphatic heterocycles. The van der Waals surface area contributed by atoms with Gasteiger partial charge in [0.2, 0.25) is 0 Å². The summed E-state index contributed by atoms with van der Waals surface area (Å²) in [6.07, 6.45) is 1.24. The molecule has 8 heteroatoms. The van der Waals surface area contributed by atoms with E-state index in [0.717, 1.165) is 12.8 Å². The summed E-state index contributed by atoms with van der Waals surface area (Å²) in [7, 11) is 1.53. The average molecular weight is 380 g/mol. The summed E-state index contributed by atoms with van der Waals surface area (Å²) < 4.78 is 16.2. The van der Waals surface area contributed by atoms with Gasteiger partial charge in [-0.1, -0.05) is 22.8 Å². The molecular formula is C18H22ClN3O4. The van der Waals surface area contributed by atoms with Gasteiger partial charge >= 0.3 is 6.09 Å². The monoisotopic (exact) mass is 379 g/mol. The van der Waals surface area contributed by atoms with Gasteiger partial charge in [0, 0.05) is 6.54 Å². The number of rotatable bonds is 3. The van der Waals surface area contributed by atoms with Crippen LogP contribution in [-0.2, 0) is 4.74 Å². The van der Waals surface area contributed by atoms with E-state index in [1.54, 1.807) is 23.1 Å². The largest absolute Gasteiger partial charge is 0.494 e. The number of amides is 1. The second-order valence-corrected chi connectivity index (χ2v) is 7.52. The molecule has 0 saturated carbocycles. The Labute approximate surface area is 157 Å². The third kappa shape index (κ3) is 3.77. The number of likely N-dealkylation sites (tertiary alicyclic amines) is 1. The van der Waals surface area contributed by atoms with Crippen LogP contribution in [0.4, 0.5) is 4.79 Å². The number of benzene rings is 1. The van der Waals surface area contributed by atoms with Gasteiger partial charge < -0.3 is 14.0 Å². The number of para-hydroxylation sites is 1. The first-order chi connectivity index (χ1) is 12.3. The lowest BCUT2D eigenvalue weighted by atomic mass is 10.2. The molecule has 1 aliphatic rings. The summed E-state index contributed by atoms with van der Waals surface area (Å²) in [6, 6.07) is 5.03. The van der Waals surface area contributed by atoms with Gasteiger partial charge in [-0.3, -0.25) is 4.90 Å². The smallest absolute Gasteiger partial charge is 0.410 e. The van der Waals surface area contributed by atoms with Gasteiger partial charge in [0.05, 0.1) is 23.7 Å². The van der Waals surface area contributed by atoms with E-state index < -0.39 is 5.60 Å². The van der Waals surface area contributed by atoms with Gasteiger partial charge in [-0.15, -0.1) is 0 Å². The zero-order valence-corrected chi connectivity index (χ0v) is 16.0. The first-order valence-electron chi connectivity index (χ1n) is 8.46. The molecule has 1 fully saturated rings. The molecule has 26 heavy (non-hydrogen) atoms. The predicted octanol–water partition coefficient (Wildman–Crippen LogP) is 4.47. The third-order valence-electron chi connectivity index (χ3n) is 4.02. The molecule has 3 rings (SSSR count). The number of hydrogen-bond donors (Lipinski definition) is 0. The van der Waals surface area contributed by atoms with Gasteiger partial charge in [0.15, 0.2) is 5.82 Å². The van der Waals surface area contributed by atoms with Crippen molar-refractivity contribution < 1.29 is 18.8 Å². The van der Waals surface area contributed by atoms with E-state index in [1.165, 1.54) is 7.11 Å². The standard InChI is InChI=1S/C18H22ClN3O4/c1-18(2,3)25-17(23)22-10-6-9-13(22)15-20-16(26-21-15)11-7-5-8-12(19)14(11)24-4/h5,7-8,13H,6,9-10H2,1-4H3/t13-/m0/s1. The number of hydrogen-bond acceptors (Lipinski definition) is 6. The van der Waals surface area contributed by atoms with Crippen LogP contribution in [0.3, 0.4) is 0 Å². The minimum atomic E-state index is -0.555. The maximum absolute atomic E-state index is 12.4. The Morgan fingerprint density at radius 2 is 2.15 bits per heavy atom. The average Bonchev–Trinajstić information content (AvgIpc) is 3.22. The first kappa shape index (κ1) is 18.5. The van der Waals surface area contributed by atoms with E-state index in [4.69, 9.17) is 25.6 Å². The molecule has 1 saturated heterocycles. The zero-order valence-electron chi connectivity index (χ0n) is 15.3. The molecule has 7 nitrogen and oxygen atoms in total. The number of halogens is 1. The van der Waals surface area contributed by atoms with Crippen LogP contribution in [0, 0.1) is 0 Å². The highest BCUT2D eigenvalue weighted by Gasteiger charge is 2.36. The van der Waals surface area contributed by atoms with Crippen molar-refractivity contribution in [1.29, 1.82) is 0 Å². The Balaban J connectivity index is 1.85. The van der Waals surface area contributed by atoms with Crippen molar-refractivity contribution in [3.8, 4) is 17.2 Å². The molecule has 2 heterocycles. The van der Waals surface area contributed by atoms with Gasteiger partial charge in [0.1, 0.15) is 11.4 Å². The summed E-state index contributed by atoms with van der Waals surface area (Å²) in [6.45, 7) is 6.12. The Morgan fingerprint density at radius 3 is 2.85 bits per heavy atom. The highest BCUT2D eigenvalue weighted by atomic mass is 35.5. The summed E-state index contributed by atoms with van der Waals surface area (Å²) in [5, 5.41) is 4.53. The van der Waals surface area contributed by atoms with Gasteiger partial charge in [-0.25, -0.2) is 4.79 Å². The molecule has 0 unspecified atom stereocenters. The van der Waals surface area contributed by atoms with Crippen LogP contribution in [-0.4, -0.2) is 40.4 Å². The van der Waals surface area contributed by atoms with Crippen LogP contribution in [0.2, 0.25) is 5.02 Å². The molecule has 0 bridgehead atoms. The predicted molar refractivity (Wildman–Crippen MR) is 96.2 cm³/mol. The molecule has 1 aromatic carbocycles. The second kappa shape index (κ2) is 7.15. The Kier molecular flexibility index (Phi) is 5.09. The van der Waals surface area contributed by atoms with Crippen LogP contribution in [0.15, 0.2) is 22.7 Å². The maximum Gasteiger partial charge on any atom is 0.410 e. The lowest BCUT2D eigenvalue weighted by molar-refractivity contribution is 0.0217. The normalized spacial score (nSPS) is 17.4. The fourth-order valence-electron chi connectivity index (χ4n) is 2.94. The minimum absolute atomic E-state index is 0.271. The van der Waals surface area contributed by atoms with Crippen LogP contribution >= 0.6 is 11.6 Å². The molecule has 140 valence electrons. The highest BCUT2D eigenvalue weighted by molar-refractivity contribution is 6.32. The lowest BCUT2D eigenvalue weighted by Crippen LogP contribution is -2.36. The molecule has 0 radical (unpaired) electrons. The van der Waals surface area contributed by atoms with Crippen molar-refractivity contribution in [3.05, 3.63) is 29.0 Å². The summed E-state index contributed by atoms with van der Waals surface area (Å²) in [4.78, 5) is 18.6. The van der Waals surface area contributed by atoms with Crippen molar-refractivity contribution >= 4 is 17.7 Å². The van der Waals surface area contributed by atoms with Crippen molar-refractivity contribution in [2.24, 2.45) is 0 Å². The van der Waals surface area contributed by atoms with Gasteiger partial charge in [-0.2, -0.15) is 4.98 Å². The molecule has 0 N–H and O–H groups in total. The first-order valence-corrected chi connectivity index (χ1v) is 8.84. The number of carbonyl (C=O) groups is 1. The zero-order chi connectivity index (χ0) is 18.9. The van der Waals surface area contributed by atoms with Crippen LogP contribution in [0.5, 0.6) is 5.75 Å². The number of aromatic nitrogens is 2. The minimum Gasteiger partial charge on any atom is -0.494 e. The van der Waals surface area contributed by atoms with Crippen molar-refractivity contribution in [2.45, 2.75) is 45.3 Å². The topological polar surface area (TPSA) is 77.7 Å². The Morgan fingerprint density at radius 1 is 1.38 bits per heavy atom. The fourth-order valence-corrected chi connectivity index (χ4v) is 3.19. The molecule has 1 aromatic heterocycles.